The van der Waals surface area contributed by atoms with Crippen molar-refractivity contribution in [3.8, 4) is 0 Å². The van der Waals surface area contributed by atoms with Crippen molar-refractivity contribution >= 4 is 0 Å². The van der Waals surface area contributed by atoms with Crippen LogP contribution < -0.4 is 34.6 Å². The number of likely N-dealkylation sites (N-methyl/N-ethyl adjacent to an activating group) is 2. The second-order valence-corrected chi connectivity index (χ2v) is 5.44. The third kappa shape index (κ3) is 9.47. The molecule has 0 aliphatic rings. The van der Waals surface area contributed by atoms with Gasteiger partial charge in [0.05, 0.1) is 26.2 Å². The predicted molar refractivity (Wildman–Crippen MR) is 77.9 cm³/mol. The Morgan fingerprint density at radius 1 is 0.591 bits per heavy atom. The van der Waals surface area contributed by atoms with E-state index in [1.807, 2.05) is 27.7 Å². The van der Waals surface area contributed by atoms with Gasteiger partial charge in [0.1, 0.15) is 37.5 Å². The van der Waals surface area contributed by atoms with Crippen LogP contribution in [0.2, 0.25) is 0 Å². The molecule has 22 heavy (non-hydrogen) atoms. The molecule has 0 aromatic heterocycles. The van der Waals surface area contributed by atoms with Gasteiger partial charge in [-0.1, -0.05) is 0 Å². The molecule has 0 bridgehead atoms. The van der Waals surface area contributed by atoms with Gasteiger partial charge >= 0.3 is 0 Å². The van der Waals surface area contributed by atoms with Gasteiger partial charge in [0.25, 0.3) is 0 Å². The molecule has 0 aromatic carbocycles. The van der Waals surface area contributed by atoms with E-state index in [1.54, 1.807) is 0 Å². The maximum atomic E-state index is 9.97. The minimum atomic E-state index is -1.31. The maximum absolute atomic E-state index is 9.97. The normalized spacial score (nSPS) is 16.6. The highest BCUT2D eigenvalue weighted by atomic mass is 35.5. The van der Waals surface area contributed by atoms with Gasteiger partial charge in [-0.3, -0.25) is 0 Å². The summed E-state index contributed by atoms with van der Waals surface area (Å²) in [6.45, 7) is 12.2. The van der Waals surface area contributed by atoms with Gasteiger partial charge in [-0.25, -0.2) is 0 Å². The Morgan fingerprint density at radius 3 is 1.00 bits per heavy atom. The molecule has 0 aliphatic heterocycles. The van der Waals surface area contributed by atoms with Gasteiger partial charge in [0.15, 0.2) is 0 Å². The standard InChI is InChI=1S/C14H32N2O4.2ClH/c1-5-15(6-2)9-11(17)13(19)14(20)12(18)10-16(7-3)8-4;;/h11-14,17-20H,5-10H2,1-4H3;2*1H. The SMILES string of the molecule is CC[NH+](CC)CC(O)C(O)C(O)C(O)C[NH+](CC)CC.[Cl-].[Cl-]. The van der Waals surface area contributed by atoms with Crippen molar-refractivity contribution < 1.29 is 55.0 Å². The van der Waals surface area contributed by atoms with Crippen molar-refractivity contribution in [3.63, 3.8) is 0 Å². The van der Waals surface area contributed by atoms with Crippen LogP contribution >= 0.6 is 0 Å². The van der Waals surface area contributed by atoms with Gasteiger partial charge in [-0.15, -0.1) is 0 Å². The lowest BCUT2D eigenvalue weighted by molar-refractivity contribution is -0.901. The molecule has 0 fully saturated rings. The van der Waals surface area contributed by atoms with E-state index < -0.39 is 24.4 Å². The number of aliphatic hydroxyl groups excluding tert-OH is 4. The lowest BCUT2D eigenvalue weighted by Crippen LogP contribution is -3.13. The van der Waals surface area contributed by atoms with Crippen LogP contribution in [0.25, 0.3) is 0 Å². The minimum Gasteiger partial charge on any atom is -1.00 e. The monoisotopic (exact) mass is 364 g/mol. The predicted octanol–water partition coefficient (Wildman–Crippen LogP) is -9.71. The highest BCUT2D eigenvalue weighted by Crippen LogP contribution is 2.03. The average molecular weight is 365 g/mol. The summed E-state index contributed by atoms with van der Waals surface area (Å²) in [4.78, 5) is 2.29. The zero-order valence-electron chi connectivity index (χ0n) is 14.1. The number of halogens is 2. The zero-order chi connectivity index (χ0) is 15.7. The van der Waals surface area contributed by atoms with Crippen molar-refractivity contribution in [1.82, 2.24) is 0 Å². The van der Waals surface area contributed by atoms with E-state index in [9.17, 15) is 20.4 Å². The van der Waals surface area contributed by atoms with E-state index in [0.29, 0.717) is 13.1 Å². The minimum absolute atomic E-state index is 0. The van der Waals surface area contributed by atoms with E-state index in [0.717, 1.165) is 36.0 Å². The Morgan fingerprint density at radius 2 is 0.818 bits per heavy atom. The molecular formula is C14H34Cl2N2O4. The molecule has 4 unspecified atom stereocenters. The van der Waals surface area contributed by atoms with E-state index in [1.165, 1.54) is 0 Å². The van der Waals surface area contributed by atoms with E-state index >= 15 is 0 Å². The molecule has 6 nitrogen and oxygen atoms in total. The number of nitrogens with one attached hydrogen (secondary N) is 2. The van der Waals surface area contributed by atoms with Crippen molar-refractivity contribution in [2.45, 2.75) is 52.1 Å². The lowest BCUT2D eigenvalue weighted by atomic mass is 10.0. The van der Waals surface area contributed by atoms with E-state index in [4.69, 9.17) is 0 Å². The van der Waals surface area contributed by atoms with Gasteiger partial charge in [-0.2, -0.15) is 0 Å². The molecule has 0 spiro atoms. The Labute approximate surface area is 146 Å². The van der Waals surface area contributed by atoms with E-state index in [-0.39, 0.29) is 24.8 Å². The molecular weight excluding hydrogens is 331 g/mol. The third-order valence-corrected chi connectivity index (χ3v) is 4.13. The Bertz CT molecular complexity index is 221. The Kier molecular flexibility index (Phi) is 18.4. The molecule has 0 saturated heterocycles. The second-order valence-electron chi connectivity index (χ2n) is 5.44. The zero-order valence-corrected chi connectivity index (χ0v) is 15.6. The molecule has 0 saturated carbocycles. The molecule has 6 N–H and O–H groups in total. The fraction of sp³-hybridized carbons (Fsp3) is 1.00. The summed E-state index contributed by atoms with van der Waals surface area (Å²) in [7, 11) is 0. The van der Waals surface area contributed by atoms with Crippen LogP contribution in [-0.4, -0.2) is 84.1 Å². The largest absolute Gasteiger partial charge is 1.00 e. The van der Waals surface area contributed by atoms with E-state index in [2.05, 4.69) is 0 Å². The van der Waals surface area contributed by atoms with Crippen LogP contribution in [0.15, 0.2) is 0 Å². The van der Waals surface area contributed by atoms with Gasteiger partial charge in [0, 0.05) is 0 Å². The Balaban J connectivity index is -0.00000180. The summed E-state index contributed by atoms with van der Waals surface area (Å²) in [6, 6.07) is 0. The van der Waals surface area contributed by atoms with Crippen molar-refractivity contribution in [1.29, 1.82) is 0 Å². The summed E-state index contributed by atoms with van der Waals surface area (Å²) in [6.07, 6.45) is -4.68. The Hall–Kier alpha value is 0.340. The first-order chi connectivity index (χ1) is 9.40. The van der Waals surface area contributed by atoms with Crippen LogP contribution in [0, 0.1) is 0 Å². The van der Waals surface area contributed by atoms with Crippen LogP contribution in [0.1, 0.15) is 27.7 Å². The number of aliphatic hydroxyl groups is 4. The number of quaternary nitrogens is 2. The fourth-order valence-corrected chi connectivity index (χ4v) is 2.37. The second kappa shape index (κ2) is 14.9. The first-order valence-electron chi connectivity index (χ1n) is 7.80. The number of rotatable bonds is 11. The maximum Gasteiger partial charge on any atom is 0.131 e. The van der Waals surface area contributed by atoms with Crippen LogP contribution in [0.4, 0.5) is 0 Å². The molecule has 138 valence electrons. The van der Waals surface area contributed by atoms with Crippen molar-refractivity contribution in [2.24, 2.45) is 0 Å². The molecule has 0 rings (SSSR count). The fourth-order valence-electron chi connectivity index (χ4n) is 2.37. The van der Waals surface area contributed by atoms with Crippen LogP contribution in [0.5, 0.6) is 0 Å². The van der Waals surface area contributed by atoms with Gasteiger partial charge < -0.3 is 55.0 Å². The summed E-state index contributed by atoms with van der Waals surface area (Å²) in [5, 5.41) is 39.9. The third-order valence-electron chi connectivity index (χ3n) is 4.13. The van der Waals surface area contributed by atoms with Crippen molar-refractivity contribution in [2.75, 3.05) is 39.3 Å². The first kappa shape index (κ1) is 27.2. The van der Waals surface area contributed by atoms with Crippen LogP contribution in [-0.2, 0) is 0 Å². The van der Waals surface area contributed by atoms with Gasteiger partial charge in [-0.05, 0) is 27.7 Å². The first-order valence-corrected chi connectivity index (χ1v) is 7.80. The van der Waals surface area contributed by atoms with Crippen LogP contribution in [0.3, 0.4) is 0 Å². The summed E-state index contributed by atoms with van der Waals surface area (Å²) < 4.78 is 0. The van der Waals surface area contributed by atoms with Gasteiger partial charge in [0.2, 0.25) is 0 Å². The average Bonchev–Trinajstić information content (AvgIpc) is 2.47. The quantitative estimate of drug-likeness (QED) is 0.220. The van der Waals surface area contributed by atoms with Crippen molar-refractivity contribution in [3.05, 3.63) is 0 Å². The molecule has 0 amide bonds. The summed E-state index contributed by atoms with van der Waals surface area (Å²) in [5.41, 5.74) is 0. The summed E-state index contributed by atoms with van der Waals surface area (Å²) >= 11 is 0. The molecule has 0 heterocycles. The smallest absolute Gasteiger partial charge is 0.131 e. The summed E-state index contributed by atoms with van der Waals surface area (Å²) in [5.74, 6) is 0. The lowest BCUT2D eigenvalue weighted by Gasteiger charge is -2.29. The molecule has 4 atom stereocenters. The number of hydrogen-bond acceptors (Lipinski definition) is 4. The molecule has 0 aliphatic carbocycles. The molecule has 0 aromatic rings. The highest BCUT2D eigenvalue weighted by molar-refractivity contribution is 4.80. The molecule has 8 heteroatoms. The topological polar surface area (TPSA) is 89.8 Å². The molecule has 0 radical (unpaired) electrons. The highest BCUT2D eigenvalue weighted by Gasteiger charge is 2.33. The number of hydrogen-bond donors (Lipinski definition) is 6.